The van der Waals surface area contributed by atoms with Crippen molar-refractivity contribution in [3.05, 3.63) is 35.9 Å². The molecule has 0 spiro atoms. The summed E-state index contributed by atoms with van der Waals surface area (Å²) in [6.07, 6.45) is 0. The molecule has 1 aromatic carbocycles. The van der Waals surface area contributed by atoms with Crippen molar-refractivity contribution in [1.29, 1.82) is 0 Å². The van der Waals surface area contributed by atoms with E-state index >= 15 is 0 Å². The molecular formula is C10H15NO. The maximum atomic E-state index is 8.61. The van der Waals surface area contributed by atoms with Crippen molar-refractivity contribution in [2.75, 3.05) is 6.54 Å². The minimum absolute atomic E-state index is 0.0178. The molecule has 66 valence electrons. The highest BCUT2D eigenvalue weighted by Gasteiger charge is 2.18. The molecule has 0 aliphatic carbocycles. The minimum atomic E-state index is -0.0178. The van der Waals surface area contributed by atoms with Crippen molar-refractivity contribution in [1.82, 2.24) is 5.48 Å². The van der Waals surface area contributed by atoms with Gasteiger partial charge >= 0.3 is 0 Å². The van der Waals surface area contributed by atoms with Crippen LogP contribution in [0.4, 0.5) is 0 Å². The zero-order valence-electron chi connectivity index (χ0n) is 7.54. The fourth-order valence-electron chi connectivity index (χ4n) is 1.19. The molecule has 0 heterocycles. The maximum Gasteiger partial charge on any atom is 0.0299 e. The zero-order valence-corrected chi connectivity index (χ0v) is 7.54. The molecule has 12 heavy (non-hydrogen) atoms. The largest absolute Gasteiger partial charge is 0.317 e. The molecule has 0 aliphatic heterocycles. The van der Waals surface area contributed by atoms with Crippen molar-refractivity contribution in [2.45, 2.75) is 19.3 Å². The predicted octanol–water partition coefficient (Wildman–Crippen LogP) is 1.94. The van der Waals surface area contributed by atoms with Crippen LogP contribution in [0, 0.1) is 0 Å². The Balaban J connectivity index is 2.82. The summed E-state index contributed by atoms with van der Waals surface area (Å²) >= 11 is 0. The second-order valence-corrected chi connectivity index (χ2v) is 3.58. The van der Waals surface area contributed by atoms with Gasteiger partial charge in [0.2, 0.25) is 0 Å². The van der Waals surface area contributed by atoms with Gasteiger partial charge < -0.3 is 5.21 Å². The number of nitrogens with one attached hydrogen (secondary N) is 1. The van der Waals surface area contributed by atoms with Gasteiger partial charge in [-0.25, -0.2) is 5.48 Å². The molecule has 0 fully saturated rings. The lowest BCUT2D eigenvalue weighted by molar-refractivity contribution is 0.146. The first-order valence-electron chi connectivity index (χ1n) is 4.09. The van der Waals surface area contributed by atoms with Gasteiger partial charge in [-0.1, -0.05) is 44.2 Å². The Morgan fingerprint density at radius 3 is 2.33 bits per heavy atom. The lowest BCUT2D eigenvalue weighted by atomic mass is 9.85. The summed E-state index contributed by atoms with van der Waals surface area (Å²) in [7, 11) is 0. The predicted molar refractivity (Wildman–Crippen MR) is 49.3 cm³/mol. The first kappa shape index (κ1) is 9.23. The number of hydrogen-bond acceptors (Lipinski definition) is 2. The van der Waals surface area contributed by atoms with E-state index in [1.54, 1.807) is 0 Å². The molecule has 2 heteroatoms. The fraction of sp³-hybridized carbons (Fsp3) is 0.400. The normalized spacial score (nSPS) is 11.6. The molecule has 1 aromatic rings. The third-order valence-electron chi connectivity index (χ3n) is 2.08. The van der Waals surface area contributed by atoms with Crippen molar-refractivity contribution < 1.29 is 5.21 Å². The average Bonchev–Trinajstić information content (AvgIpc) is 2.06. The summed E-state index contributed by atoms with van der Waals surface area (Å²) in [6.45, 7) is 4.74. The van der Waals surface area contributed by atoms with Crippen LogP contribution in [0.3, 0.4) is 0 Å². The third kappa shape index (κ3) is 2.06. The summed E-state index contributed by atoms with van der Waals surface area (Å²) in [5.74, 6) is 0. The van der Waals surface area contributed by atoms with Gasteiger partial charge in [0.05, 0.1) is 0 Å². The Labute approximate surface area is 73.2 Å². The molecule has 0 unspecified atom stereocenters. The number of benzene rings is 1. The first-order chi connectivity index (χ1) is 5.67. The van der Waals surface area contributed by atoms with Gasteiger partial charge in [-0.15, -0.1) is 0 Å². The van der Waals surface area contributed by atoms with Gasteiger partial charge in [-0.2, -0.15) is 0 Å². The highest BCUT2D eigenvalue weighted by molar-refractivity contribution is 5.23. The van der Waals surface area contributed by atoms with Crippen LogP contribution < -0.4 is 5.48 Å². The summed E-state index contributed by atoms with van der Waals surface area (Å²) < 4.78 is 0. The smallest absolute Gasteiger partial charge is 0.0299 e. The van der Waals surface area contributed by atoms with Crippen LogP contribution in [0.5, 0.6) is 0 Å². The van der Waals surface area contributed by atoms with E-state index in [4.69, 9.17) is 5.21 Å². The molecule has 0 amide bonds. The van der Waals surface area contributed by atoms with E-state index in [2.05, 4.69) is 31.5 Å². The molecular weight excluding hydrogens is 150 g/mol. The molecule has 0 saturated heterocycles. The Morgan fingerprint density at radius 2 is 1.83 bits per heavy atom. The topological polar surface area (TPSA) is 32.3 Å². The lowest BCUT2D eigenvalue weighted by Crippen LogP contribution is -2.30. The average molecular weight is 165 g/mol. The number of hydroxylamine groups is 1. The lowest BCUT2D eigenvalue weighted by Gasteiger charge is -2.23. The number of rotatable bonds is 3. The molecule has 2 N–H and O–H groups in total. The standard InChI is InChI=1S/C10H15NO/c1-10(2,8-11-12)9-6-4-3-5-7-9/h3-7,11-12H,8H2,1-2H3. The van der Waals surface area contributed by atoms with Gasteiger partial charge in [0, 0.05) is 12.0 Å². The van der Waals surface area contributed by atoms with E-state index in [0.717, 1.165) is 0 Å². The quantitative estimate of drug-likeness (QED) is 0.671. The van der Waals surface area contributed by atoms with Crippen LogP contribution in [0.2, 0.25) is 0 Å². The van der Waals surface area contributed by atoms with Crippen LogP contribution in [0.25, 0.3) is 0 Å². The van der Waals surface area contributed by atoms with E-state index in [1.165, 1.54) is 5.56 Å². The molecule has 0 aliphatic rings. The maximum absolute atomic E-state index is 8.61. The highest BCUT2D eigenvalue weighted by Crippen LogP contribution is 2.21. The van der Waals surface area contributed by atoms with Crippen LogP contribution in [-0.2, 0) is 5.41 Å². The summed E-state index contributed by atoms with van der Waals surface area (Å²) in [5.41, 5.74) is 3.42. The van der Waals surface area contributed by atoms with Crippen molar-refractivity contribution >= 4 is 0 Å². The summed E-state index contributed by atoms with van der Waals surface area (Å²) in [5, 5.41) is 8.61. The van der Waals surface area contributed by atoms with Gasteiger partial charge in [0.25, 0.3) is 0 Å². The highest BCUT2D eigenvalue weighted by atomic mass is 16.5. The summed E-state index contributed by atoms with van der Waals surface area (Å²) in [6, 6.07) is 10.1. The van der Waals surface area contributed by atoms with E-state index < -0.39 is 0 Å². The SMILES string of the molecule is CC(C)(CNO)c1ccccc1. The molecule has 1 rings (SSSR count). The first-order valence-corrected chi connectivity index (χ1v) is 4.09. The third-order valence-corrected chi connectivity index (χ3v) is 2.08. The van der Waals surface area contributed by atoms with Crippen molar-refractivity contribution in [2.24, 2.45) is 0 Å². The molecule has 0 radical (unpaired) electrons. The van der Waals surface area contributed by atoms with E-state index in [-0.39, 0.29) is 5.41 Å². The molecule has 2 nitrogen and oxygen atoms in total. The van der Waals surface area contributed by atoms with Crippen LogP contribution in [0.15, 0.2) is 30.3 Å². The molecule has 0 aromatic heterocycles. The van der Waals surface area contributed by atoms with Crippen LogP contribution in [0.1, 0.15) is 19.4 Å². The van der Waals surface area contributed by atoms with E-state index in [0.29, 0.717) is 6.54 Å². The van der Waals surface area contributed by atoms with Gasteiger partial charge in [-0.3, -0.25) is 0 Å². The Kier molecular flexibility index (Phi) is 2.84. The molecule has 0 bridgehead atoms. The Bertz CT molecular complexity index is 231. The van der Waals surface area contributed by atoms with Crippen LogP contribution >= 0.6 is 0 Å². The summed E-state index contributed by atoms with van der Waals surface area (Å²) in [4.78, 5) is 0. The van der Waals surface area contributed by atoms with E-state index in [1.807, 2.05) is 18.2 Å². The monoisotopic (exact) mass is 165 g/mol. The molecule has 0 saturated carbocycles. The number of hydrogen-bond donors (Lipinski definition) is 2. The molecule has 0 atom stereocenters. The van der Waals surface area contributed by atoms with Gasteiger partial charge in [0.1, 0.15) is 0 Å². The van der Waals surface area contributed by atoms with Gasteiger partial charge in [-0.05, 0) is 5.56 Å². The second kappa shape index (κ2) is 3.70. The van der Waals surface area contributed by atoms with Crippen molar-refractivity contribution in [3.63, 3.8) is 0 Å². The van der Waals surface area contributed by atoms with Crippen molar-refractivity contribution in [3.8, 4) is 0 Å². The van der Waals surface area contributed by atoms with Gasteiger partial charge in [0.15, 0.2) is 0 Å². The van der Waals surface area contributed by atoms with E-state index in [9.17, 15) is 0 Å². The van der Waals surface area contributed by atoms with Crippen LogP contribution in [-0.4, -0.2) is 11.8 Å². The minimum Gasteiger partial charge on any atom is -0.317 e. The second-order valence-electron chi connectivity index (χ2n) is 3.58. The fourth-order valence-corrected chi connectivity index (χ4v) is 1.19. The Hall–Kier alpha value is -0.860. The zero-order chi connectivity index (χ0) is 9.03. The Morgan fingerprint density at radius 1 is 1.25 bits per heavy atom.